The van der Waals surface area contributed by atoms with E-state index >= 15 is 0 Å². The molecule has 2 aromatic rings. The van der Waals surface area contributed by atoms with Gasteiger partial charge in [0.1, 0.15) is 5.75 Å². The van der Waals surface area contributed by atoms with Crippen molar-refractivity contribution < 1.29 is 4.74 Å². The Hall–Kier alpha value is -1.82. The van der Waals surface area contributed by atoms with Crippen LogP contribution in [0.25, 0.3) is 0 Å². The monoisotopic (exact) mass is 308 g/mol. The van der Waals surface area contributed by atoms with Gasteiger partial charge >= 0.3 is 0 Å². The van der Waals surface area contributed by atoms with Crippen LogP contribution >= 0.6 is 15.9 Å². The first kappa shape index (κ1) is 12.6. The highest BCUT2D eigenvalue weighted by Crippen LogP contribution is 2.20. The van der Waals surface area contributed by atoms with Crippen LogP contribution in [-0.4, -0.2) is 23.1 Å². The number of hydrazone groups is 1. The fraction of sp³-hybridized carbons (Fsp3) is 0.167. The third-order valence-electron chi connectivity index (χ3n) is 2.46. The Morgan fingerprint density at radius 2 is 2.39 bits per heavy atom. The number of rotatable bonds is 4. The molecule has 1 aromatic carbocycles. The second-order valence-electron chi connectivity index (χ2n) is 3.71. The minimum atomic E-state index is 0.626. The van der Waals surface area contributed by atoms with Gasteiger partial charge in [0, 0.05) is 11.8 Å². The number of nitrogens with zero attached hydrogens (tertiary/aromatic N) is 3. The van der Waals surface area contributed by atoms with E-state index in [1.165, 1.54) is 0 Å². The lowest BCUT2D eigenvalue weighted by Crippen LogP contribution is -2.03. The summed E-state index contributed by atoms with van der Waals surface area (Å²) in [5, 5.41) is 7.74. The number of benzene rings is 1. The molecule has 6 heteroatoms. The summed E-state index contributed by atoms with van der Waals surface area (Å²) in [5.74, 6) is 5.97. The van der Waals surface area contributed by atoms with E-state index in [2.05, 4.69) is 26.1 Å². The van der Waals surface area contributed by atoms with Gasteiger partial charge in [-0.3, -0.25) is 4.68 Å². The molecule has 1 aromatic heterocycles. The lowest BCUT2D eigenvalue weighted by Gasteiger charge is -2.09. The van der Waals surface area contributed by atoms with Crippen LogP contribution in [0.2, 0.25) is 0 Å². The van der Waals surface area contributed by atoms with Crippen molar-refractivity contribution in [2.75, 3.05) is 7.11 Å². The second-order valence-corrected chi connectivity index (χ2v) is 4.62. The van der Waals surface area contributed by atoms with Crippen molar-refractivity contribution in [3.63, 3.8) is 0 Å². The summed E-state index contributed by atoms with van der Waals surface area (Å²) >= 11 is 3.37. The second kappa shape index (κ2) is 5.68. The molecule has 94 valence electrons. The lowest BCUT2D eigenvalue weighted by atomic mass is 10.1. The van der Waals surface area contributed by atoms with E-state index in [4.69, 9.17) is 10.6 Å². The molecular weight excluding hydrogens is 296 g/mol. The largest absolute Gasteiger partial charge is 0.496 e. The summed E-state index contributed by atoms with van der Waals surface area (Å²) in [6.07, 6.45) is 5.25. The summed E-state index contributed by atoms with van der Waals surface area (Å²) in [6.45, 7) is 0.626. The van der Waals surface area contributed by atoms with Crippen LogP contribution in [0, 0.1) is 0 Å². The van der Waals surface area contributed by atoms with Gasteiger partial charge in [-0.05, 0) is 39.7 Å². The molecule has 0 unspecified atom stereocenters. The number of hydrogen-bond donors (Lipinski definition) is 1. The Labute approximate surface area is 113 Å². The predicted molar refractivity (Wildman–Crippen MR) is 73.8 cm³/mol. The van der Waals surface area contributed by atoms with Crippen molar-refractivity contribution in [2.45, 2.75) is 6.54 Å². The Kier molecular flexibility index (Phi) is 3.99. The maximum Gasteiger partial charge on any atom is 0.123 e. The minimum absolute atomic E-state index is 0.626. The van der Waals surface area contributed by atoms with Gasteiger partial charge in [-0.2, -0.15) is 10.2 Å². The summed E-state index contributed by atoms with van der Waals surface area (Å²) in [5.41, 5.74) is 1.95. The average molecular weight is 309 g/mol. The molecule has 0 saturated heterocycles. The standard InChI is InChI=1S/C12H13BrN4O/c1-18-12-3-2-9(5-15-14)4-10(12)7-17-8-11(13)6-16-17/h2-6,8H,7,14H2,1H3. The maximum absolute atomic E-state index is 5.33. The highest BCUT2D eigenvalue weighted by Gasteiger charge is 2.05. The zero-order chi connectivity index (χ0) is 13.0. The zero-order valence-electron chi connectivity index (χ0n) is 9.88. The number of halogens is 1. The highest BCUT2D eigenvalue weighted by atomic mass is 79.9. The van der Waals surface area contributed by atoms with Gasteiger partial charge in [0.15, 0.2) is 0 Å². The molecule has 0 fully saturated rings. The Balaban J connectivity index is 2.31. The van der Waals surface area contributed by atoms with Crippen molar-refractivity contribution in [3.05, 3.63) is 46.2 Å². The summed E-state index contributed by atoms with van der Waals surface area (Å²) in [7, 11) is 1.65. The zero-order valence-corrected chi connectivity index (χ0v) is 11.5. The molecule has 2 rings (SSSR count). The molecule has 0 saturated carbocycles. The fourth-order valence-corrected chi connectivity index (χ4v) is 2.02. The molecule has 0 amide bonds. The van der Waals surface area contributed by atoms with Crippen LogP contribution in [0.1, 0.15) is 11.1 Å². The van der Waals surface area contributed by atoms with Crippen LogP contribution in [0.15, 0.2) is 40.2 Å². The van der Waals surface area contributed by atoms with E-state index in [1.54, 1.807) is 19.5 Å². The van der Waals surface area contributed by atoms with E-state index in [9.17, 15) is 0 Å². The normalized spacial score (nSPS) is 11.0. The number of ether oxygens (including phenoxy) is 1. The van der Waals surface area contributed by atoms with Gasteiger partial charge in [-0.1, -0.05) is 0 Å². The van der Waals surface area contributed by atoms with Crippen LogP contribution in [0.5, 0.6) is 5.75 Å². The summed E-state index contributed by atoms with van der Waals surface area (Å²) in [6, 6.07) is 5.77. The first-order valence-corrected chi connectivity index (χ1v) is 6.10. The number of methoxy groups -OCH3 is 1. The third kappa shape index (κ3) is 2.89. The summed E-state index contributed by atoms with van der Waals surface area (Å²) < 4.78 is 8.10. The Morgan fingerprint density at radius 1 is 1.56 bits per heavy atom. The molecule has 0 bridgehead atoms. The number of aromatic nitrogens is 2. The van der Waals surface area contributed by atoms with Gasteiger partial charge < -0.3 is 10.6 Å². The molecule has 1 heterocycles. The van der Waals surface area contributed by atoms with Gasteiger partial charge in [-0.25, -0.2) is 0 Å². The quantitative estimate of drug-likeness (QED) is 0.534. The maximum atomic E-state index is 5.33. The minimum Gasteiger partial charge on any atom is -0.496 e. The molecular formula is C12H13BrN4O. The predicted octanol–water partition coefficient (Wildman–Crippen LogP) is 2.00. The van der Waals surface area contributed by atoms with Crippen molar-refractivity contribution >= 4 is 22.1 Å². The van der Waals surface area contributed by atoms with Crippen LogP contribution < -0.4 is 10.6 Å². The van der Waals surface area contributed by atoms with Gasteiger partial charge in [0.05, 0.1) is 30.5 Å². The molecule has 2 N–H and O–H groups in total. The molecule has 0 radical (unpaired) electrons. The number of nitrogens with two attached hydrogens (primary N) is 1. The van der Waals surface area contributed by atoms with E-state index < -0.39 is 0 Å². The molecule has 0 spiro atoms. The molecule has 5 nitrogen and oxygen atoms in total. The molecule has 18 heavy (non-hydrogen) atoms. The Bertz CT molecular complexity index is 565. The molecule has 0 aliphatic carbocycles. The van der Waals surface area contributed by atoms with Crippen LogP contribution in [0.4, 0.5) is 0 Å². The first-order chi connectivity index (χ1) is 8.72. The van der Waals surface area contributed by atoms with Crippen LogP contribution in [-0.2, 0) is 6.54 Å². The fourth-order valence-electron chi connectivity index (χ4n) is 1.69. The van der Waals surface area contributed by atoms with Crippen LogP contribution in [0.3, 0.4) is 0 Å². The van der Waals surface area contributed by atoms with Crippen molar-refractivity contribution in [3.8, 4) is 5.75 Å². The smallest absolute Gasteiger partial charge is 0.123 e. The van der Waals surface area contributed by atoms with Gasteiger partial charge in [0.2, 0.25) is 0 Å². The van der Waals surface area contributed by atoms with Crippen molar-refractivity contribution in [1.29, 1.82) is 0 Å². The molecule has 0 aliphatic rings. The first-order valence-electron chi connectivity index (χ1n) is 5.31. The van der Waals surface area contributed by atoms with Gasteiger partial charge in [-0.15, -0.1) is 0 Å². The van der Waals surface area contributed by atoms with E-state index in [0.29, 0.717) is 6.54 Å². The van der Waals surface area contributed by atoms with E-state index in [1.807, 2.05) is 29.1 Å². The SMILES string of the molecule is COc1ccc(C=NN)cc1Cn1cc(Br)cn1. The average Bonchev–Trinajstić information content (AvgIpc) is 2.76. The Morgan fingerprint density at radius 3 is 3.00 bits per heavy atom. The van der Waals surface area contributed by atoms with Gasteiger partial charge in [0.25, 0.3) is 0 Å². The number of hydrogen-bond acceptors (Lipinski definition) is 4. The topological polar surface area (TPSA) is 65.4 Å². The third-order valence-corrected chi connectivity index (χ3v) is 2.87. The summed E-state index contributed by atoms with van der Waals surface area (Å²) in [4.78, 5) is 0. The van der Waals surface area contributed by atoms with E-state index in [0.717, 1.165) is 21.3 Å². The molecule has 0 atom stereocenters. The highest BCUT2D eigenvalue weighted by molar-refractivity contribution is 9.10. The van der Waals surface area contributed by atoms with Crippen molar-refractivity contribution in [2.24, 2.45) is 10.9 Å². The molecule has 0 aliphatic heterocycles. The lowest BCUT2D eigenvalue weighted by molar-refractivity contribution is 0.407. The van der Waals surface area contributed by atoms with E-state index in [-0.39, 0.29) is 0 Å². The van der Waals surface area contributed by atoms with Crippen molar-refractivity contribution in [1.82, 2.24) is 9.78 Å².